The summed E-state index contributed by atoms with van der Waals surface area (Å²) in [6.45, 7) is 3.38. The third-order valence-corrected chi connectivity index (χ3v) is 3.67. The Balaban J connectivity index is 2.74. The van der Waals surface area contributed by atoms with Crippen LogP contribution in [0.3, 0.4) is 0 Å². The minimum absolute atomic E-state index is 0.377. The average molecular weight is 376 g/mol. The summed E-state index contributed by atoms with van der Waals surface area (Å²) >= 11 is 2.10. The molecule has 1 atom stereocenters. The normalized spacial score (nSPS) is 13.4. The van der Waals surface area contributed by atoms with E-state index < -0.39 is 17.5 Å². The van der Waals surface area contributed by atoms with Gasteiger partial charge in [-0.2, -0.15) is 0 Å². The fourth-order valence-corrected chi connectivity index (χ4v) is 2.21. The van der Waals surface area contributed by atoms with Crippen LogP contribution in [0.4, 0.5) is 10.5 Å². The Kier molecular flexibility index (Phi) is 5.59. The first-order chi connectivity index (χ1) is 8.89. The Morgan fingerprint density at radius 1 is 1.37 bits per heavy atom. The van der Waals surface area contributed by atoms with Gasteiger partial charge in [-0.1, -0.05) is 25.5 Å². The third-order valence-electron chi connectivity index (χ3n) is 2.73. The largest absolute Gasteiger partial charge is 0.480 e. The van der Waals surface area contributed by atoms with Gasteiger partial charge in [-0.3, -0.25) is 0 Å². The highest BCUT2D eigenvalue weighted by molar-refractivity contribution is 14.1. The quantitative estimate of drug-likeness (QED) is 0.692. The number of halogens is 1. The van der Waals surface area contributed by atoms with E-state index in [1.54, 1.807) is 12.1 Å². The molecule has 6 heteroatoms. The molecule has 0 radical (unpaired) electrons. The highest BCUT2D eigenvalue weighted by Crippen LogP contribution is 2.18. The molecule has 1 rings (SSSR count). The second kappa shape index (κ2) is 6.74. The van der Waals surface area contributed by atoms with Crippen LogP contribution in [0.15, 0.2) is 24.3 Å². The van der Waals surface area contributed by atoms with Crippen molar-refractivity contribution < 1.29 is 14.7 Å². The summed E-state index contributed by atoms with van der Waals surface area (Å²) in [5.41, 5.74) is -0.594. The zero-order valence-corrected chi connectivity index (χ0v) is 13.0. The molecule has 0 saturated carbocycles. The number of carboxylic acid groups (broad SMARTS) is 1. The predicted octanol–water partition coefficient (Wildman–Crippen LogP) is 3.06. The number of carbonyl (C=O) groups is 2. The van der Waals surface area contributed by atoms with Crippen LogP contribution in [0.25, 0.3) is 0 Å². The molecular weight excluding hydrogens is 359 g/mol. The van der Waals surface area contributed by atoms with Crippen LogP contribution in [0.2, 0.25) is 0 Å². The molecule has 0 aliphatic heterocycles. The highest BCUT2D eigenvalue weighted by Gasteiger charge is 2.33. The third kappa shape index (κ3) is 4.38. The second-order valence-corrected chi connectivity index (χ2v) is 5.61. The number of para-hydroxylation sites is 1. The van der Waals surface area contributed by atoms with Gasteiger partial charge in [-0.25, -0.2) is 9.59 Å². The molecule has 1 aromatic rings. The summed E-state index contributed by atoms with van der Waals surface area (Å²) in [6.07, 6.45) is 1.05. The molecule has 0 bridgehead atoms. The molecule has 1 aromatic carbocycles. The number of benzene rings is 1. The van der Waals surface area contributed by atoms with Crippen molar-refractivity contribution in [1.29, 1.82) is 0 Å². The molecule has 3 N–H and O–H groups in total. The first kappa shape index (κ1) is 15.7. The van der Waals surface area contributed by atoms with Crippen LogP contribution in [0.5, 0.6) is 0 Å². The van der Waals surface area contributed by atoms with Crippen molar-refractivity contribution in [2.45, 2.75) is 32.2 Å². The molecule has 0 aromatic heterocycles. The predicted molar refractivity (Wildman–Crippen MR) is 82.3 cm³/mol. The summed E-state index contributed by atoms with van der Waals surface area (Å²) in [6, 6.07) is 6.78. The van der Waals surface area contributed by atoms with Gasteiger partial charge in [-0.15, -0.1) is 0 Å². The molecule has 0 aliphatic carbocycles. The van der Waals surface area contributed by atoms with Crippen LogP contribution in [0, 0.1) is 3.57 Å². The van der Waals surface area contributed by atoms with E-state index >= 15 is 0 Å². The number of carbonyl (C=O) groups excluding carboxylic acids is 1. The number of amides is 2. The lowest BCUT2D eigenvalue weighted by atomic mass is 9.97. The van der Waals surface area contributed by atoms with Gasteiger partial charge >= 0.3 is 12.0 Å². The number of hydrogen-bond donors (Lipinski definition) is 3. The van der Waals surface area contributed by atoms with Gasteiger partial charge in [0, 0.05) is 3.57 Å². The Labute approximate surface area is 125 Å². The number of anilines is 1. The molecule has 0 fully saturated rings. The van der Waals surface area contributed by atoms with E-state index in [2.05, 4.69) is 33.2 Å². The summed E-state index contributed by atoms with van der Waals surface area (Å²) in [5, 5.41) is 14.4. The second-order valence-electron chi connectivity index (χ2n) is 4.45. The van der Waals surface area contributed by atoms with Gasteiger partial charge < -0.3 is 15.7 Å². The van der Waals surface area contributed by atoms with Crippen molar-refractivity contribution in [3.63, 3.8) is 0 Å². The molecule has 5 nitrogen and oxygen atoms in total. The van der Waals surface area contributed by atoms with Crippen molar-refractivity contribution in [2.24, 2.45) is 0 Å². The molecule has 0 heterocycles. The molecule has 1 unspecified atom stereocenters. The monoisotopic (exact) mass is 376 g/mol. The topological polar surface area (TPSA) is 78.4 Å². The van der Waals surface area contributed by atoms with Gasteiger partial charge in [0.2, 0.25) is 0 Å². The number of hydrogen-bond acceptors (Lipinski definition) is 2. The average Bonchev–Trinajstić information content (AvgIpc) is 2.32. The minimum atomic E-state index is -1.25. The van der Waals surface area contributed by atoms with Gasteiger partial charge in [-0.05, 0) is 48.1 Å². The Bertz CT molecular complexity index is 479. The van der Waals surface area contributed by atoms with Crippen LogP contribution in [-0.4, -0.2) is 22.6 Å². The van der Waals surface area contributed by atoms with Crippen molar-refractivity contribution in [3.8, 4) is 0 Å². The van der Waals surface area contributed by atoms with E-state index in [1.165, 1.54) is 6.92 Å². The first-order valence-corrected chi connectivity index (χ1v) is 7.04. The number of nitrogens with one attached hydrogen (secondary N) is 2. The van der Waals surface area contributed by atoms with Gasteiger partial charge in [0.1, 0.15) is 5.54 Å². The van der Waals surface area contributed by atoms with E-state index in [-0.39, 0.29) is 0 Å². The van der Waals surface area contributed by atoms with Gasteiger partial charge in [0.05, 0.1) is 5.69 Å². The SMILES string of the molecule is CCCC(C)(NC(=O)Nc1ccccc1I)C(=O)O. The maximum absolute atomic E-state index is 11.9. The summed E-state index contributed by atoms with van der Waals surface area (Å²) in [5.74, 6) is -1.03. The highest BCUT2D eigenvalue weighted by atomic mass is 127. The Morgan fingerprint density at radius 3 is 2.53 bits per heavy atom. The van der Waals surface area contributed by atoms with E-state index in [0.29, 0.717) is 18.5 Å². The maximum atomic E-state index is 11.9. The van der Waals surface area contributed by atoms with Crippen molar-refractivity contribution >= 4 is 40.3 Å². The molecule has 0 spiro atoms. The smallest absolute Gasteiger partial charge is 0.329 e. The lowest BCUT2D eigenvalue weighted by Gasteiger charge is -2.25. The van der Waals surface area contributed by atoms with Crippen molar-refractivity contribution in [3.05, 3.63) is 27.8 Å². The Morgan fingerprint density at radius 2 is 2.00 bits per heavy atom. The molecular formula is C13H17IN2O3. The van der Waals surface area contributed by atoms with Gasteiger partial charge in [0.25, 0.3) is 0 Å². The fourth-order valence-electron chi connectivity index (χ4n) is 1.69. The molecule has 0 aliphatic rings. The molecule has 0 saturated heterocycles. The summed E-state index contributed by atoms with van der Waals surface area (Å²) in [4.78, 5) is 23.1. The standard InChI is InChI=1S/C13H17IN2O3/c1-3-8-13(2,11(17)18)16-12(19)15-10-7-5-4-6-9(10)14/h4-7H,3,8H2,1-2H3,(H,17,18)(H2,15,16,19). The van der Waals surface area contributed by atoms with Crippen LogP contribution < -0.4 is 10.6 Å². The van der Waals surface area contributed by atoms with Crippen LogP contribution in [-0.2, 0) is 4.79 Å². The summed E-state index contributed by atoms with van der Waals surface area (Å²) in [7, 11) is 0. The van der Waals surface area contributed by atoms with Crippen LogP contribution >= 0.6 is 22.6 Å². The molecule has 2 amide bonds. The maximum Gasteiger partial charge on any atom is 0.329 e. The number of carboxylic acids is 1. The number of rotatable bonds is 5. The zero-order chi connectivity index (χ0) is 14.5. The first-order valence-electron chi connectivity index (χ1n) is 5.96. The van der Waals surface area contributed by atoms with E-state index in [9.17, 15) is 14.7 Å². The lowest BCUT2D eigenvalue weighted by Crippen LogP contribution is -2.53. The van der Waals surface area contributed by atoms with Crippen molar-refractivity contribution in [2.75, 3.05) is 5.32 Å². The fraction of sp³-hybridized carbons (Fsp3) is 0.385. The van der Waals surface area contributed by atoms with E-state index in [4.69, 9.17) is 0 Å². The minimum Gasteiger partial charge on any atom is -0.480 e. The molecule has 19 heavy (non-hydrogen) atoms. The van der Waals surface area contributed by atoms with E-state index in [1.807, 2.05) is 19.1 Å². The number of urea groups is 1. The van der Waals surface area contributed by atoms with Gasteiger partial charge in [0.15, 0.2) is 0 Å². The molecule has 104 valence electrons. The zero-order valence-electron chi connectivity index (χ0n) is 10.9. The van der Waals surface area contributed by atoms with Crippen molar-refractivity contribution in [1.82, 2.24) is 5.32 Å². The van der Waals surface area contributed by atoms with Crippen LogP contribution in [0.1, 0.15) is 26.7 Å². The van der Waals surface area contributed by atoms with E-state index in [0.717, 1.165) is 3.57 Å². The number of aliphatic carboxylic acids is 1. The lowest BCUT2D eigenvalue weighted by molar-refractivity contribution is -0.143. The summed E-state index contributed by atoms with van der Waals surface area (Å²) < 4.78 is 0.891. The Hall–Kier alpha value is -1.31.